The number of alkyl halides is 6. The second-order valence-corrected chi connectivity index (χ2v) is 7.01. The summed E-state index contributed by atoms with van der Waals surface area (Å²) in [6.45, 7) is 0. The van der Waals surface area contributed by atoms with Crippen molar-refractivity contribution in [3.05, 3.63) is 45.1 Å². The van der Waals surface area contributed by atoms with Crippen LogP contribution < -0.4 is 0 Å². The monoisotopic (exact) mass is 505 g/mol. The Morgan fingerprint density at radius 3 is 2.03 bits per heavy atom. The fourth-order valence-corrected chi connectivity index (χ4v) is 3.08. The molecule has 0 aliphatic rings. The van der Waals surface area contributed by atoms with Gasteiger partial charge in [0.1, 0.15) is 17.3 Å². The van der Waals surface area contributed by atoms with Gasteiger partial charge in [-0.2, -0.15) is 45.5 Å². The molecule has 172 valence electrons. The highest BCUT2D eigenvalue weighted by atomic mass is 35.5. The van der Waals surface area contributed by atoms with E-state index in [0.29, 0.717) is 16.8 Å². The third-order valence-electron chi connectivity index (χ3n) is 3.66. The van der Waals surface area contributed by atoms with E-state index < -0.39 is 62.4 Å². The Hall–Kier alpha value is -2.85. The maximum Gasteiger partial charge on any atom is 0.422 e. The minimum absolute atomic E-state index is 0.396. The lowest BCUT2D eigenvalue weighted by molar-refractivity contribution is -0.137. The van der Waals surface area contributed by atoms with Crippen molar-refractivity contribution in [2.75, 3.05) is 14.1 Å². The molecule has 15 heteroatoms. The molecule has 1 heterocycles. The van der Waals surface area contributed by atoms with Crippen molar-refractivity contribution in [1.29, 1.82) is 5.26 Å². The highest BCUT2D eigenvalue weighted by Crippen LogP contribution is 2.45. The number of nitrogens with zero attached hydrogens (tertiary/aromatic N) is 5. The maximum absolute atomic E-state index is 13.4. The van der Waals surface area contributed by atoms with Crippen molar-refractivity contribution < 1.29 is 35.1 Å². The molecular weight excluding hydrogens is 497 g/mol. The van der Waals surface area contributed by atoms with Crippen LogP contribution in [0.15, 0.2) is 23.2 Å². The molecule has 2 rings (SSSR count). The summed E-state index contributed by atoms with van der Waals surface area (Å²) in [6.07, 6.45) is -12.8. The predicted molar refractivity (Wildman–Crippen MR) is 100 cm³/mol. The number of hydrogen-bond donors (Lipinski definition) is 0. The zero-order chi connectivity index (χ0) is 24.6. The third kappa shape index (κ3) is 5.13. The minimum Gasteiger partial charge on any atom is -0.369 e. The smallest absolute Gasteiger partial charge is 0.369 e. The van der Waals surface area contributed by atoms with Crippen molar-refractivity contribution in [2.45, 2.75) is 12.4 Å². The predicted octanol–water partition coefficient (Wildman–Crippen LogP) is 6.46. The summed E-state index contributed by atoms with van der Waals surface area (Å²) < 4.78 is 106. The van der Waals surface area contributed by atoms with Crippen LogP contribution in [0.3, 0.4) is 0 Å². The number of hydrogen-bond acceptors (Lipinski definition) is 3. The zero-order valence-electron chi connectivity index (χ0n) is 15.7. The van der Waals surface area contributed by atoms with Gasteiger partial charge in [0, 0.05) is 14.1 Å². The first-order valence-electron chi connectivity index (χ1n) is 8.02. The number of rotatable bonds is 4. The lowest BCUT2D eigenvalue weighted by Crippen LogP contribution is -2.13. The van der Waals surface area contributed by atoms with Gasteiger partial charge in [-0.25, -0.2) is 9.67 Å². The van der Waals surface area contributed by atoms with Crippen molar-refractivity contribution >= 4 is 40.9 Å². The van der Waals surface area contributed by atoms with E-state index in [2.05, 4.69) is 10.1 Å². The van der Waals surface area contributed by atoms with Crippen molar-refractivity contribution in [1.82, 2.24) is 14.7 Å². The largest absolute Gasteiger partial charge is 0.422 e. The average molecular weight is 506 g/mol. The molecule has 0 aliphatic heterocycles. The molecule has 0 atom stereocenters. The van der Waals surface area contributed by atoms with Gasteiger partial charge >= 0.3 is 12.4 Å². The van der Waals surface area contributed by atoms with Gasteiger partial charge in [0.05, 0.1) is 27.5 Å². The van der Waals surface area contributed by atoms with Crippen LogP contribution in [0.5, 0.6) is 0 Å². The van der Waals surface area contributed by atoms with Crippen molar-refractivity contribution in [2.24, 2.45) is 4.99 Å². The summed E-state index contributed by atoms with van der Waals surface area (Å²) in [6, 6.07) is 2.06. The molecule has 0 N–H and O–H groups in total. The Morgan fingerprint density at radius 2 is 1.66 bits per heavy atom. The molecule has 0 bridgehead atoms. The van der Waals surface area contributed by atoms with E-state index in [1.54, 1.807) is 0 Å². The van der Waals surface area contributed by atoms with E-state index >= 15 is 0 Å². The molecular formula is C17H9Cl2F8N5. The summed E-state index contributed by atoms with van der Waals surface area (Å²) in [5, 5.41) is 11.3. The fourth-order valence-electron chi connectivity index (χ4n) is 2.44. The SMILES string of the molecule is CN(C)C=Nc1c(C(=C(F)F)C(F)(F)F)c(C#N)nn1-c1c(Cl)cc(C(F)(F)F)cc1Cl. The number of aromatic nitrogens is 2. The Morgan fingerprint density at radius 1 is 1.12 bits per heavy atom. The molecule has 0 unspecified atom stereocenters. The molecule has 0 amide bonds. The van der Waals surface area contributed by atoms with Gasteiger partial charge in [0.25, 0.3) is 6.08 Å². The first-order valence-corrected chi connectivity index (χ1v) is 8.78. The molecule has 0 radical (unpaired) electrons. The quantitative estimate of drug-likeness (QED) is 0.272. The molecule has 0 spiro atoms. The summed E-state index contributed by atoms with van der Waals surface area (Å²) in [5.74, 6) is -0.959. The summed E-state index contributed by atoms with van der Waals surface area (Å²) >= 11 is 11.7. The highest BCUT2D eigenvalue weighted by molar-refractivity contribution is 6.38. The Balaban J connectivity index is 3.01. The Labute approximate surface area is 184 Å². The van der Waals surface area contributed by atoms with Crippen molar-refractivity contribution in [3.63, 3.8) is 0 Å². The molecule has 1 aromatic heterocycles. The maximum atomic E-state index is 13.4. The van der Waals surface area contributed by atoms with Crippen LogP contribution in [0, 0.1) is 11.3 Å². The molecule has 2 aromatic rings. The number of aliphatic imine (C=N–C) groups is 1. The van der Waals surface area contributed by atoms with E-state index in [1.165, 1.54) is 25.1 Å². The van der Waals surface area contributed by atoms with E-state index in [1.807, 2.05) is 0 Å². The standard InChI is InChI=1S/C17H9Cl2F8N5/c1-31(2)6-29-15-11(12(14(20)21)17(25,26)27)10(5-28)30-32(15)13-8(18)3-7(4-9(13)19)16(22,23)24/h3-4,6H,1-2H3. The fraction of sp³-hybridized carbons (Fsp3) is 0.235. The van der Waals surface area contributed by atoms with Gasteiger partial charge in [-0.3, -0.25) is 0 Å². The Kier molecular flexibility index (Phi) is 7.11. The number of halogens is 10. The van der Waals surface area contributed by atoms with Gasteiger partial charge in [-0.15, -0.1) is 0 Å². The van der Waals surface area contributed by atoms with Gasteiger partial charge in [-0.1, -0.05) is 23.2 Å². The average Bonchev–Trinajstić information content (AvgIpc) is 2.94. The highest BCUT2D eigenvalue weighted by Gasteiger charge is 2.44. The van der Waals surface area contributed by atoms with Crippen LogP contribution in [0.25, 0.3) is 11.3 Å². The topological polar surface area (TPSA) is 57.2 Å². The second kappa shape index (κ2) is 8.95. The lowest BCUT2D eigenvalue weighted by Gasteiger charge is -2.14. The molecule has 0 aliphatic carbocycles. The third-order valence-corrected chi connectivity index (χ3v) is 4.23. The molecule has 0 fully saturated rings. The number of benzene rings is 1. The summed E-state index contributed by atoms with van der Waals surface area (Å²) in [7, 11) is 2.78. The van der Waals surface area contributed by atoms with E-state index in [0.717, 1.165) is 6.34 Å². The molecule has 0 saturated heterocycles. The molecule has 32 heavy (non-hydrogen) atoms. The molecule has 1 aromatic carbocycles. The van der Waals surface area contributed by atoms with Crippen LogP contribution in [0.1, 0.15) is 16.8 Å². The van der Waals surface area contributed by atoms with Crippen LogP contribution in [-0.4, -0.2) is 41.3 Å². The minimum atomic E-state index is -5.63. The van der Waals surface area contributed by atoms with Gasteiger partial charge in [0.15, 0.2) is 11.5 Å². The van der Waals surface area contributed by atoms with E-state index in [-0.39, 0.29) is 0 Å². The second-order valence-electron chi connectivity index (χ2n) is 6.20. The van der Waals surface area contributed by atoms with Gasteiger partial charge in [-0.05, 0) is 12.1 Å². The van der Waals surface area contributed by atoms with E-state index in [4.69, 9.17) is 23.2 Å². The van der Waals surface area contributed by atoms with E-state index in [9.17, 15) is 40.4 Å². The van der Waals surface area contributed by atoms with Crippen molar-refractivity contribution in [3.8, 4) is 11.8 Å². The molecule has 5 nitrogen and oxygen atoms in total. The zero-order valence-corrected chi connectivity index (χ0v) is 17.3. The first-order chi connectivity index (χ1) is 14.6. The van der Waals surface area contributed by atoms with Crippen LogP contribution in [0.2, 0.25) is 10.0 Å². The van der Waals surface area contributed by atoms with Crippen LogP contribution in [0.4, 0.5) is 40.9 Å². The van der Waals surface area contributed by atoms with Crippen LogP contribution in [-0.2, 0) is 6.18 Å². The summed E-state index contributed by atoms with van der Waals surface area (Å²) in [5.41, 5.74) is -6.91. The molecule has 0 saturated carbocycles. The lowest BCUT2D eigenvalue weighted by atomic mass is 10.1. The Bertz CT molecular complexity index is 1110. The van der Waals surface area contributed by atoms with Crippen LogP contribution >= 0.6 is 23.2 Å². The number of nitriles is 1. The van der Waals surface area contributed by atoms with Gasteiger partial charge in [0.2, 0.25) is 0 Å². The number of allylic oxidation sites excluding steroid dienone is 1. The van der Waals surface area contributed by atoms with Gasteiger partial charge < -0.3 is 4.90 Å². The normalized spacial score (nSPS) is 12.2. The first kappa shape index (κ1) is 25.4. The summed E-state index contributed by atoms with van der Waals surface area (Å²) in [4.78, 5) is 4.88.